The smallest absolute Gasteiger partial charge is 0.407 e. The highest BCUT2D eigenvalue weighted by Crippen LogP contribution is 2.38. The maximum atomic E-state index is 11.7. The number of carbonyl (C=O) groups is 1. The van der Waals surface area contributed by atoms with E-state index in [1.165, 1.54) is 25.7 Å². The van der Waals surface area contributed by atoms with E-state index in [2.05, 4.69) is 19.2 Å². The lowest BCUT2D eigenvalue weighted by Gasteiger charge is -2.35. The van der Waals surface area contributed by atoms with E-state index in [-0.39, 0.29) is 6.09 Å². The van der Waals surface area contributed by atoms with E-state index in [9.17, 15) is 4.79 Å². The second-order valence-corrected chi connectivity index (χ2v) is 6.57. The number of rotatable bonds is 4. The van der Waals surface area contributed by atoms with Gasteiger partial charge in [-0.2, -0.15) is 0 Å². The predicted molar refractivity (Wildman–Crippen MR) is 80.4 cm³/mol. The van der Waals surface area contributed by atoms with Crippen LogP contribution in [-0.4, -0.2) is 12.6 Å². The van der Waals surface area contributed by atoms with Crippen molar-refractivity contribution in [3.8, 4) is 0 Å². The van der Waals surface area contributed by atoms with E-state index >= 15 is 0 Å². The summed E-state index contributed by atoms with van der Waals surface area (Å²) in [5.41, 5.74) is 1.43. The van der Waals surface area contributed by atoms with Crippen LogP contribution in [0.25, 0.3) is 0 Å². The van der Waals surface area contributed by atoms with Crippen LogP contribution in [0, 0.1) is 11.3 Å². The summed E-state index contributed by atoms with van der Waals surface area (Å²) in [7, 11) is 0. The van der Waals surface area contributed by atoms with Crippen molar-refractivity contribution in [1.82, 2.24) is 5.32 Å². The molecule has 1 aliphatic carbocycles. The van der Waals surface area contributed by atoms with Gasteiger partial charge in [-0.15, -0.1) is 0 Å². The Balaban J connectivity index is 1.67. The molecule has 20 heavy (non-hydrogen) atoms. The van der Waals surface area contributed by atoms with Crippen molar-refractivity contribution in [2.45, 2.75) is 46.1 Å². The lowest BCUT2D eigenvalue weighted by atomic mass is 9.72. The number of benzene rings is 1. The third-order valence-electron chi connectivity index (χ3n) is 4.06. The van der Waals surface area contributed by atoms with Crippen molar-refractivity contribution >= 4 is 6.09 Å². The second-order valence-electron chi connectivity index (χ2n) is 6.57. The SMILES string of the molecule is CC1(C)CCCC(CNC(=O)OCc2ccccc2)C1. The van der Waals surface area contributed by atoms with Crippen molar-refractivity contribution in [2.75, 3.05) is 6.54 Å². The Hall–Kier alpha value is -1.51. The first-order valence-electron chi connectivity index (χ1n) is 7.50. The van der Waals surface area contributed by atoms with Crippen LogP contribution in [0.5, 0.6) is 0 Å². The van der Waals surface area contributed by atoms with E-state index in [1.54, 1.807) is 0 Å². The zero-order valence-electron chi connectivity index (χ0n) is 12.5. The largest absolute Gasteiger partial charge is 0.445 e. The van der Waals surface area contributed by atoms with Gasteiger partial charge in [-0.3, -0.25) is 0 Å². The number of amides is 1. The maximum Gasteiger partial charge on any atom is 0.407 e. The van der Waals surface area contributed by atoms with Crippen molar-refractivity contribution in [2.24, 2.45) is 11.3 Å². The number of alkyl carbamates (subject to hydrolysis) is 1. The Labute approximate surface area is 121 Å². The Morgan fingerprint density at radius 2 is 2.10 bits per heavy atom. The van der Waals surface area contributed by atoms with Crippen molar-refractivity contribution in [3.05, 3.63) is 35.9 Å². The summed E-state index contributed by atoms with van der Waals surface area (Å²) >= 11 is 0. The molecular formula is C17H25NO2. The highest BCUT2D eigenvalue weighted by molar-refractivity contribution is 5.67. The first-order valence-corrected chi connectivity index (χ1v) is 7.50. The maximum absolute atomic E-state index is 11.7. The molecule has 1 aromatic rings. The van der Waals surface area contributed by atoms with Gasteiger partial charge in [0.15, 0.2) is 0 Å². The summed E-state index contributed by atoms with van der Waals surface area (Å²) in [5, 5.41) is 2.90. The molecule has 0 bridgehead atoms. The summed E-state index contributed by atoms with van der Waals surface area (Å²) in [6.07, 6.45) is 4.64. The minimum Gasteiger partial charge on any atom is -0.445 e. The lowest BCUT2D eigenvalue weighted by molar-refractivity contribution is 0.130. The van der Waals surface area contributed by atoms with E-state index < -0.39 is 0 Å². The van der Waals surface area contributed by atoms with Gasteiger partial charge in [-0.25, -0.2) is 4.79 Å². The molecule has 3 nitrogen and oxygen atoms in total. The van der Waals surface area contributed by atoms with Gasteiger partial charge in [0, 0.05) is 6.54 Å². The van der Waals surface area contributed by atoms with Gasteiger partial charge in [-0.1, -0.05) is 50.6 Å². The Morgan fingerprint density at radius 1 is 1.35 bits per heavy atom. The first-order chi connectivity index (χ1) is 9.55. The molecule has 1 amide bonds. The molecule has 1 atom stereocenters. The van der Waals surface area contributed by atoms with Crippen molar-refractivity contribution in [3.63, 3.8) is 0 Å². The molecule has 0 aliphatic heterocycles. The number of carbonyl (C=O) groups excluding carboxylic acids is 1. The van der Waals surface area contributed by atoms with Gasteiger partial charge in [0.25, 0.3) is 0 Å². The van der Waals surface area contributed by atoms with Crippen LogP contribution in [0.15, 0.2) is 30.3 Å². The Bertz CT molecular complexity index is 428. The van der Waals surface area contributed by atoms with Crippen LogP contribution < -0.4 is 5.32 Å². The quantitative estimate of drug-likeness (QED) is 0.897. The van der Waals surface area contributed by atoms with E-state index in [4.69, 9.17) is 4.74 Å². The lowest BCUT2D eigenvalue weighted by Crippen LogP contribution is -2.34. The van der Waals surface area contributed by atoms with Gasteiger partial charge in [0.2, 0.25) is 0 Å². The molecule has 1 aliphatic rings. The molecule has 0 heterocycles. The molecule has 0 spiro atoms. The monoisotopic (exact) mass is 275 g/mol. The van der Waals surface area contributed by atoms with Gasteiger partial charge in [-0.05, 0) is 36.2 Å². The third-order valence-corrected chi connectivity index (χ3v) is 4.06. The molecule has 0 aromatic heterocycles. The third kappa shape index (κ3) is 4.87. The van der Waals surface area contributed by atoms with Gasteiger partial charge >= 0.3 is 6.09 Å². The molecule has 3 heteroatoms. The van der Waals surface area contributed by atoms with Crippen molar-refractivity contribution in [1.29, 1.82) is 0 Å². The molecular weight excluding hydrogens is 250 g/mol. The van der Waals surface area contributed by atoms with Crippen LogP contribution in [-0.2, 0) is 11.3 Å². The molecule has 0 saturated heterocycles. The molecule has 1 unspecified atom stereocenters. The predicted octanol–water partition coefficient (Wildman–Crippen LogP) is 4.13. The van der Waals surface area contributed by atoms with Crippen LogP contribution in [0.4, 0.5) is 4.79 Å². The summed E-state index contributed by atoms with van der Waals surface area (Å²) in [6, 6.07) is 9.75. The summed E-state index contributed by atoms with van der Waals surface area (Å²) in [4.78, 5) is 11.7. The Kier molecular flexibility index (Phi) is 5.05. The molecule has 1 fully saturated rings. The fourth-order valence-corrected chi connectivity index (χ4v) is 3.03. The standard InChI is InChI=1S/C17H25NO2/c1-17(2)10-6-9-15(11-17)12-18-16(19)20-13-14-7-4-3-5-8-14/h3-5,7-8,15H,6,9-13H2,1-2H3,(H,18,19). The fourth-order valence-electron chi connectivity index (χ4n) is 3.03. The minimum absolute atomic E-state index is 0.308. The van der Waals surface area contributed by atoms with E-state index in [0.29, 0.717) is 17.9 Å². The van der Waals surface area contributed by atoms with Crippen molar-refractivity contribution < 1.29 is 9.53 Å². The molecule has 1 aromatic carbocycles. The number of nitrogens with one attached hydrogen (secondary N) is 1. The minimum atomic E-state index is -0.308. The fraction of sp³-hybridized carbons (Fsp3) is 0.588. The van der Waals surface area contributed by atoms with Gasteiger partial charge < -0.3 is 10.1 Å². The first kappa shape index (κ1) is 14.9. The Morgan fingerprint density at radius 3 is 2.80 bits per heavy atom. The highest BCUT2D eigenvalue weighted by atomic mass is 16.5. The normalized spacial score (nSPS) is 21.2. The average Bonchev–Trinajstić information content (AvgIpc) is 2.43. The van der Waals surface area contributed by atoms with Crippen LogP contribution in [0.1, 0.15) is 45.1 Å². The van der Waals surface area contributed by atoms with Crippen LogP contribution in [0.3, 0.4) is 0 Å². The van der Waals surface area contributed by atoms with Gasteiger partial charge in [0.05, 0.1) is 0 Å². The molecule has 2 rings (SSSR count). The zero-order valence-corrected chi connectivity index (χ0v) is 12.5. The van der Waals surface area contributed by atoms with Gasteiger partial charge in [0.1, 0.15) is 6.61 Å². The molecule has 1 saturated carbocycles. The highest BCUT2D eigenvalue weighted by Gasteiger charge is 2.27. The number of hydrogen-bond acceptors (Lipinski definition) is 2. The van der Waals surface area contributed by atoms with E-state index in [1.807, 2.05) is 30.3 Å². The molecule has 0 radical (unpaired) electrons. The number of ether oxygens (including phenoxy) is 1. The molecule has 1 N–H and O–H groups in total. The summed E-state index contributed by atoms with van der Waals surface area (Å²) in [6.45, 7) is 5.69. The van der Waals surface area contributed by atoms with Crippen LogP contribution in [0.2, 0.25) is 0 Å². The summed E-state index contributed by atoms with van der Waals surface area (Å²) in [5.74, 6) is 0.586. The molecule has 110 valence electrons. The summed E-state index contributed by atoms with van der Waals surface area (Å²) < 4.78 is 5.22. The number of hydrogen-bond donors (Lipinski definition) is 1. The van der Waals surface area contributed by atoms with Crippen LogP contribution >= 0.6 is 0 Å². The second kappa shape index (κ2) is 6.78. The zero-order chi connectivity index (χ0) is 14.4. The topological polar surface area (TPSA) is 38.3 Å². The average molecular weight is 275 g/mol. The van der Waals surface area contributed by atoms with E-state index in [0.717, 1.165) is 12.1 Å².